The Balaban J connectivity index is 3.00. The van der Waals surface area contributed by atoms with Crippen molar-refractivity contribution in [2.75, 3.05) is 25.0 Å². The Kier molecular flexibility index (Phi) is 5.29. The van der Waals surface area contributed by atoms with Crippen molar-refractivity contribution in [1.82, 2.24) is 4.90 Å². The lowest BCUT2D eigenvalue weighted by Gasteiger charge is -2.26. The number of amides is 3. The van der Waals surface area contributed by atoms with Crippen LogP contribution in [0.2, 0.25) is 0 Å². The van der Waals surface area contributed by atoms with Gasteiger partial charge in [-0.1, -0.05) is 6.07 Å². The minimum atomic E-state index is -1.21. The molecule has 1 aromatic rings. The Morgan fingerprint density at radius 1 is 1.10 bits per heavy atom. The summed E-state index contributed by atoms with van der Waals surface area (Å²) in [5, 5.41) is 8.82. The molecule has 0 unspecified atom stereocenters. The summed E-state index contributed by atoms with van der Waals surface area (Å²) in [6, 6.07) is 4.96. The Morgan fingerprint density at radius 3 is 2.05 bits per heavy atom. The number of carbonyl (C=O) groups excluding carboxylic acids is 2. The monoisotopic (exact) mass is 293 g/mol. The van der Waals surface area contributed by atoms with Gasteiger partial charge in [0.2, 0.25) is 5.91 Å². The summed E-state index contributed by atoms with van der Waals surface area (Å²) < 4.78 is 0. The van der Waals surface area contributed by atoms with E-state index in [2.05, 4.69) is 0 Å². The van der Waals surface area contributed by atoms with Gasteiger partial charge in [-0.05, 0) is 37.1 Å². The number of nitrogens with zero attached hydrogens (tertiary/aromatic N) is 2. The maximum absolute atomic E-state index is 12.3. The molecule has 0 atom stereocenters. The Bertz CT molecular complexity index is 535. The summed E-state index contributed by atoms with van der Waals surface area (Å²) in [7, 11) is 1.52. The van der Waals surface area contributed by atoms with E-state index in [1.165, 1.54) is 11.9 Å². The number of carboxylic acids is 1. The molecule has 0 aliphatic rings. The van der Waals surface area contributed by atoms with Gasteiger partial charge in [0.05, 0.1) is 0 Å². The van der Waals surface area contributed by atoms with Gasteiger partial charge in [0.1, 0.15) is 13.1 Å². The topological polar surface area (TPSA) is 104 Å². The van der Waals surface area contributed by atoms with Crippen LogP contribution in [-0.4, -0.2) is 48.1 Å². The SMILES string of the molecule is Cc1cc(C)cc(N(C)C(=O)N(CC(N)=O)CC(=O)O)c1. The molecule has 0 fully saturated rings. The number of carbonyl (C=O) groups is 3. The summed E-state index contributed by atoms with van der Waals surface area (Å²) in [6.45, 7) is 2.76. The maximum Gasteiger partial charge on any atom is 0.325 e. The quantitative estimate of drug-likeness (QED) is 0.835. The second-order valence-electron chi connectivity index (χ2n) is 4.90. The molecular weight excluding hydrogens is 274 g/mol. The predicted molar refractivity (Wildman–Crippen MR) is 78.1 cm³/mol. The zero-order chi connectivity index (χ0) is 16.2. The summed E-state index contributed by atoms with van der Waals surface area (Å²) in [5.74, 6) is -1.98. The number of aliphatic carboxylic acids is 1. The van der Waals surface area contributed by atoms with E-state index >= 15 is 0 Å². The first-order valence-electron chi connectivity index (χ1n) is 6.31. The number of aryl methyl sites for hydroxylation is 2. The number of nitrogens with two attached hydrogens (primary N) is 1. The minimum Gasteiger partial charge on any atom is -0.480 e. The van der Waals surface area contributed by atoms with Crippen LogP contribution in [0.15, 0.2) is 18.2 Å². The van der Waals surface area contributed by atoms with Crippen molar-refractivity contribution in [3.8, 4) is 0 Å². The number of anilines is 1. The zero-order valence-corrected chi connectivity index (χ0v) is 12.3. The smallest absolute Gasteiger partial charge is 0.325 e. The molecule has 0 aromatic heterocycles. The molecular formula is C14H19N3O4. The minimum absolute atomic E-state index is 0.444. The van der Waals surface area contributed by atoms with Crippen LogP contribution in [0.1, 0.15) is 11.1 Å². The van der Waals surface area contributed by atoms with E-state index in [0.717, 1.165) is 16.0 Å². The highest BCUT2D eigenvalue weighted by molar-refractivity contribution is 5.95. The summed E-state index contributed by atoms with van der Waals surface area (Å²) in [5.41, 5.74) is 7.62. The van der Waals surface area contributed by atoms with E-state index in [1.54, 1.807) is 12.1 Å². The average Bonchev–Trinajstić information content (AvgIpc) is 2.33. The van der Waals surface area contributed by atoms with E-state index in [4.69, 9.17) is 10.8 Å². The van der Waals surface area contributed by atoms with Crippen LogP contribution in [0.5, 0.6) is 0 Å². The summed E-state index contributed by atoms with van der Waals surface area (Å²) in [6.07, 6.45) is 0. The van der Waals surface area contributed by atoms with Crippen molar-refractivity contribution in [3.05, 3.63) is 29.3 Å². The molecule has 21 heavy (non-hydrogen) atoms. The third-order valence-corrected chi connectivity index (χ3v) is 2.82. The van der Waals surface area contributed by atoms with Gasteiger partial charge in [-0.15, -0.1) is 0 Å². The predicted octanol–water partition coefficient (Wildman–Crippen LogP) is 0.732. The van der Waals surface area contributed by atoms with Gasteiger partial charge in [0, 0.05) is 12.7 Å². The number of primary amides is 1. The van der Waals surface area contributed by atoms with E-state index in [0.29, 0.717) is 5.69 Å². The molecule has 0 spiro atoms. The molecule has 0 heterocycles. The van der Waals surface area contributed by atoms with Gasteiger partial charge in [-0.3, -0.25) is 14.5 Å². The number of urea groups is 1. The largest absolute Gasteiger partial charge is 0.480 e. The lowest BCUT2D eigenvalue weighted by molar-refractivity contribution is -0.137. The summed E-state index contributed by atoms with van der Waals surface area (Å²) in [4.78, 5) is 36.3. The molecule has 3 N–H and O–H groups in total. The lowest BCUT2D eigenvalue weighted by Crippen LogP contribution is -2.47. The van der Waals surface area contributed by atoms with Gasteiger partial charge in [0.15, 0.2) is 0 Å². The van der Waals surface area contributed by atoms with Crippen LogP contribution >= 0.6 is 0 Å². The van der Waals surface area contributed by atoms with Crippen molar-refractivity contribution in [2.24, 2.45) is 5.73 Å². The first-order chi connectivity index (χ1) is 9.70. The number of benzene rings is 1. The van der Waals surface area contributed by atoms with Crippen molar-refractivity contribution >= 4 is 23.6 Å². The first kappa shape index (κ1) is 16.5. The van der Waals surface area contributed by atoms with Crippen LogP contribution in [0.4, 0.5) is 10.5 Å². The van der Waals surface area contributed by atoms with Crippen molar-refractivity contribution in [3.63, 3.8) is 0 Å². The second kappa shape index (κ2) is 6.74. The fourth-order valence-electron chi connectivity index (χ4n) is 2.01. The van der Waals surface area contributed by atoms with Crippen molar-refractivity contribution in [1.29, 1.82) is 0 Å². The molecule has 0 bridgehead atoms. The fraction of sp³-hybridized carbons (Fsp3) is 0.357. The second-order valence-corrected chi connectivity index (χ2v) is 4.90. The number of carboxylic acid groups (broad SMARTS) is 1. The van der Waals surface area contributed by atoms with E-state index in [-0.39, 0.29) is 0 Å². The fourth-order valence-corrected chi connectivity index (χ4v) is 2.01. The van der Waals surface area contributed by atoms with Gasteiger partial charge < -0.3 is 15.7 Å². The van der Waals surface area contributed by atoms with Crippen LogP contribution in [0.25, 0.3) is 0 Å². The van der Waals surface area contributed by atoms with Gasteiger partial charge in [-0.2, -0.15) is 0 Å². The highest BCUT2D eigenvalue weighted by atomic mass is 16.4. The zero-order valence-electron chi connectivity index (χ0n) is 12.3. The highest BCUT2D eigenvalue weighted by Crippen LogP contribution is 2.18. The maximum atomic E-state index is 12.3. The number of hydrogen-bond acceptors (Lipinski definition) is 3. The van der Waals surface area contributed by atoms with Gasteiger partial charge >= 0.3 is 12.0 Å². The molecule has 0 saturated carbocycles. The van der Waals surface area contributed by atoms with E-state index in [9.17, 15) is 14.4 Å². The van der Waals surface area contributed by atoms with Crippen LogP contribution in [0.3, 0.4) is 0 Å². The molecule has 114 valence electrons. The molecule has 3 amide bonds. The molecule has 0 saturated heterocycles. The lowest BCUT2D eigenvalue weighted by atomic mass is 10.1. The molecule has 1 rings (SSSR count). The average molecular weight is 293 g/mol. The molecule has 7 heteroatoms. The first-order valence-corrected chi connectivity index (χ1v) is 6.31. The van der Waals surface area contributed by atoms with Crippen LogP contribution in [-0.2, 0) is 9.59 Å². The van der Waals surface area contributed by atoms with Gasteiger partial charge in [-0.25, -0.2) is 4.79 Å². The normalized spacial score (nSPS) is 10.0. The van der Waals surface area contributed by atoms with E-state index in [1.807, 2.05) is 19.9 Å². The molecule has 7 nitrogen and oxygen atoms in total. The molecule has 0 aliphatic heterocycles. The highest BCUT2D eigenvalue weighted by Gasteiger charge is 2.23. The molecule has 1 aromatic carbocycles. The number of hydrogen-bond donors (Lipinski definition) is 2. The third-order valence-electron chi connectivity index (χ3n) is 2.82. The van der Waals surface area contributed by atoms with E-state index < -0.39 is 31.0 Å². The van der Waals surface area contributed by atoms with Crippen molar-refractivity contribution < 1.29 is 19.5 Å². The molecule has 0 radical (unpaired) electrons. The van der Waals surface area contributed by atoms with Crippen molar-refractivity contribution in [2.45, 2.75) is 13.8 Å². The summed E-state index contributed by atoms with van der Waals surface area (Å²) >= 11 is 0. The Hall–Kier alpha value is -2.57. The standard InChI is InChI=1S/C14H19N3O4/c1-9-4-10(2)6-11(5-9)16(3)14(21)17(7-12(15)18)8-13(19)20/h4-6H,7-8H2,1-3H3,(H2,15,18)(H,19,20). The molecule has 0 aliphatic carbocycles. The van der Waals surface area contributed by atoms with Crippen LogP contribution < -0.4 is 10.6 Å². The number of rotatable bonds is 5. The Morgan fingerprint density at radius 2 is 1.62 bits per heavy atom. The third kappa shape index (κ3) is 4.79. The Labute approximate surface area is 122 Å². The van der Waals surface area contributed by atoms with Gasteiger partial charge in [0.25, 0.3) is 0 Å². The van der Waals surface area contributed by atoms with Crippen LogP contribution in [0, 0.1) is 13.8 Å².